The Hall–Kier alpha value is -1.17. The second-order valence-corrected chi connectivity index (χ2v) is 7.93. The Morgan fingerprint density at radius 1 is 1.45 bits per heavy atom. The molecule has 0 fully saturated rings. The van der Waals surface area contributed by atoms with Gasteiger partial charge in [0.25, 0.3) is 0 Å². The van der Waals surface area contributed by atoms with Crippen molar-refractivity contribution in [3.63, 3.8) is 0 Å². The number of rotatable bonds is 6. The van der Waals surface area contributed by atoms with Crippen LogP contribution in [-0.4, -0.2) is 50.4 Å². The second kappa shape index (κ2) is 8.46. The zero-order chi connectivity index (χ0) is 16.8. The summed E-state index contributed by atoms with van der Waals surface area (Å²) in [7, 11) is 1.63. The van der Waals surface area contributed by atoms with Crippen molar-refractivity contribution in [2.45, 2.75) is 26.4 Å². The molecule has 1 rings (SSSR count). The second-order valence-electron chi connectivity index (χ2n) is 5.38. The van der Waals surface area contributed by atoms with Crippen molar-refractivity contribution in [2.24, 2.45) is 0 Å². The van der Waals surface area contributed by atoms with Crippen molar-refractivity contribution in [2.75, 3.05) is 20.2 Å². The summed E-state index contributed by atoms with van der Waals surface area (Å²) in [4.78, 5) is 17.2. The van der Waals surface area contributed by atoms with Gasteiger partial charge in [-0.25, -0.2) is 0 Å². The van der Waals surface area contributed by atoms with Crippen molar-refractivity contribution >= 4 is 6.09 Å². The number of hydrogen-bond donors (Lipinski definition) is 1. The molecule has 0 aliphatic rings. The van der Waals surface area contributed by atoms with Crippen LogP contribution in [0.3, 0.4) is 0 Å². The summed E-state index contributed by atoms with van der Waals surface area (Å²) < 4.78 is 11.2. The van der Waals surface area contributed by atoms with E-state index in [9.17, 15) is 10.0 Å². The Bertz CT molecular complexity index is 476. The van der Waals surface area contributed by atoms with Crippen LogP contribution in [0, 0.1) is 8.78 Å². The standard InChI is InChI=1S/C13H20IN3O5/c1-13(2,3)22-12(18)16(4)7-8-21-11-6-5-10(9-15-11)14-17(19)20/h5-6,9,19H,7-8H2,1-4H3/q-2. The maximum absolute atomic E-state index is 11.7. The third kappa shape index (κ3) is 7.73. The molecule has 8 nitrogen and oxygen atoms in total. The van der Waals surface area contributed by atoms with E-state index in [0.29, 0.717) is 16.0 Å². The number of nitrogens with zero attached hydrogens (tertiary/aromatic N) is 3. The predicted octanol–water partition coefficient (Wildman–Crippen LogP) is -1.31. The molecule has 0 spiro atoms. The van der Waals surface area contributed by atoms with Crippen LogP contribution in [0.2, 0.25) is 0 Å². The van der Waals surface area contributed by atoms with Gasteiger partial charge in [-0.15, -0.1) is 0 Å². The number of likely N-dealkylation sites (N-methyl/N-ethyl adjacent to an activating group) is 1. The van der Waals surface area contributed by atoms with E-state index in [2.05, 4.69) is 4.98 Å². The van der Waals surface area contributed by atoms with Crippen LogP contribution >= 0.6 is 0 Å². The molecule has 0 aromatic carbocycles. The summed E-state index contributed by atoms with van der Waals surface area (Å²) in [5.41, 5.74) is -0.533. The fraction of sp³-hybridized carbons (Fsp3) is 0.538. The molecule has 0 unspecified atom stereocenters. The molecule has 1 N–H and O–H groups in total. The number of aromatic nitrogens is 1. The van der Waals surface area contributed by atoms with Gasteiger partial charge in [0.1, 0.15) is 0 Å². The van der Waals surface area contributed by atoms with E-state index in [4.69, 9.17) is 14.7 Å². The van der Waals surface area contributed by atoms with Crippen molar-refractivity contribution < 1.29 is 41.0 Å². The van der Waals surface area contributed by atoms with Crippen LogP contribution in [-0.2, 0) is 4.74 Å². The van der Waals surface area contributed by atoms with E-state index in [-0.39, 0.29) is 10.0 Å². The average molecular weight is 425 g/mol. The zero-order valence-corrected chi connectivity index (χ0v) is 15.1. The van der Waals surface area contributed by atoms with E-state index < -0.39 is 33.2 Å². The van der Waals surface area contributed by atoms with Crippen LogP contribution in [0.5, 0.6) is 5.88 Å². The van der Waals surface area contributed by atoms with Crippen molar-refractivity contribution in [3.05, 3.63) is 27.1 Å². The first-order valence-corrected chi connectivity index (χ1v) is 8.56. The SMILES string of the molecule is CN(CCOc1ccc([I-]N([O-])O)cn1)C(=O)OC(C)(C)C. The number of carbonyl (C=O) groups is 1. The number of halogens is 1. The molecule has 0 aliphatic carbocycles. The number of carbonyl (C=O) groups excluding carboxylic acids is 1. The molecule has 1 heterocycles. The third-order valence-corrected chi connectivity index (χ3v) is 3.86. The van der Waals surface area contributed by atoms with Crippen LogP contribution in [0.15, 0.2) is 18.3 Å². The van der Waals surface area contributed by atoms with Crippen LogP contribution in [0.25, 0.3) is 0 Å². The fourth-order valence-electron chi connectivity index (χ4n) is 1.30. The number of pyridine rings is 1. The van der Waals surface area contributed by atoms with Crippen molar-refractivity contribution in [1.29, 1.82) is 0 Å². The van der Waals surface area contributed by atoms with Gasteiger partial charge in [-0.1, -0.05) is 0 Å². The summed E-state index contributed by atoms with van der Waals surface area (Å²) in [5.74, 6) is 0.390. The van der Waals surface area contributed by atoms with Gasteiger partial charge in [-0.05, 0) is 0 Å². The van der Waals surface area contributed by atoms with E-state index >= 15 is 0 Å². The van der Waals surface area contributed by atoms with E-state index in [1.165, 1.54) is 11.1 Å². The van der Waals surface area contributed by atoms with Crippen LogP contribution in [0.1, 0.15) is 20.8 Å². The van der Waals surface area contributed by atoms with Crippen molar-refractivity contribution in [3.8, 4) is 5.88 Å². The topological polar surface area (TPSA) is 98.2 Å². The van der Waals surface area contributed by atoms with Gasteiger partial charge in [0.15, 0.2) is 0 Å². The molecule has 0 saturated carbocycles. The summed E-state index contributed by atoms with van der Waals surface area (Å²) >= 11 is -1.15. The van der Waals surface area contributed by atoms with Gasteiger partial charge < -0.3 is 0 Å². The van der Waals surface area contributed by atoms with Crippen molar-refractivity contribution in [1.82, 2.24) is 13.3 Å². The minimum absolute atomic E-state index is 0.0633. The maximum atomic E-state index is 11.7. The Balaban J connectivity index is 2.36. The summed E-state index contributed by atoms with van der Waals surface area (Å²) in [6.07, 6.45) is 1.07. The minimum atomic E-state index is -1.15. The molecule has 1 aromatic rings. The van der Waals surface area contributed by atoms with E-state index in [1.807, 2.05) is 0 Å². The monoisotopic (exact) mass is 425 g/mol. The molecule has 0 bridgehead atoms. The summed E-state index contributed by atoms with van der Waals surface area (Å²) in [6, 6.07) is 3.29. The molecule has 22 heavy (non-hydrogen) atoms. The molecule has 0 atom stereocenters. The predicted molar refractivity (Wildman–Crippen MR) is 74.3 cm³/mol. The Labute approximate surface area is 140 Å². The van der Waals surface area contributed by atoms with Gasteiger partial charge in [0.2, 0.25) is 0 Å². The molecule has 1 amide bonds. The summed E-state index contributed by atoms with van der Waals surface area (Å²) in [5, 5.41) is 19.1. The molecule has 0 aliphatic heterocycles. The first-order valence-electron chi connectivity index (χ1n) is 6.51. The quantitative estimate of drug-likeness (QED) is 0.344. The van der Waals surface area contributed by atoms with Gasteiger partial charge in [0.05, 0.1) is 0 Å². The first kappa shape index (κ1) is 18.9. The van der Waals surface area contributed by atoms with Gasteiger partial charge in [-0.3, -0.25) is 0 Å². The van der Waals surface area contributed by atoms with Gasteiger partial charge >= 0.3 is 140 Å². The normalized spacial score (nSPS) is 11.6. The van der Waals surface area contributed by atoms with Crippen LogP contribution < -0.4 is 26.2 Å². The molecular formula is C13H20IN3O5-2. The fourth-order valence-corrected chi connectivity index (χ4v) is 2.38. The van der Waals surface area contributed by atoms with Gasteiger partial charge in [0, 0.05) is 0 Å². The molecule has 126 valence electrons. The Morgan fingerprint density at radius 2 is 2.14 bits per heavy atom. The molecule has 1 aromatic heterocycles. The van der Waals surface area contributed by atoms with E-state index in [1.54, 1.807) is 40.0 Å². The number of hydrogen-bond acceptors (Lipinski definition) is 7. The third-order valence-electron chi connectivity index (χ3n) is 2.25. The van der Waals surface area contributed by atoms with E-state index in [0.717, 1.165) is 0 Å². The first-order chi connectivity index (χ1) is 10.2. The molecule has 0 radical (unpaired) electrons. The molecule has 9 heteroatoms. The summed E-state index contributed by atoms with van der Waals surface area (Å²) in [6.45, 7) is 6.04. The van der Waals surface area contributed by atoms with Gasteiger partial charge in [-0.2, -0.15) is 0 Å². The number of ether oxygens (including phenoxy) is 2. The zero-order valence-electron chi connectivity index (χ0n) is 12.9. The average Bonchev–Trinajstić information content (AvgIpc) is 2.38. The Morgan fingerprint density at radius 3 is 2.64 bits per heavy atom. The molecule has 0 saturated heterocycles. The molecular weight excluding hydrogens is 405 g/mol. The van der Waals surface area contributed by atoms with Crippen LogP contribution in [0.4, 0.5) is 4.79 Å². The Kier molecular flexibility index (Phi) is 7.26. The number of amides is 1.